The van der Waals surface area contributed by atoms with Crippen LogP contribution in [0.3, 0.4) is 0 Å². The number of hydrogen-bond donors (Lipinski definition) is 2. The molecule has 1 aliphatic rings. The van der Waals surface area contributed by atoms with E-state index in [1.54, 1.807) is 56.5 Å². The third kappa shape index (κ3) is 2.91. The normalized spacial score (nSPS) is 20.2. The molecular weight excluding hydrogens is 322 g/mol. The summed E-state index contributed by atoms with van der Waals surface area (Å²) in [5.41, 5.74) is -0.201. The Morgan fingerprint density at radius 3 is 2.48 bits per heavy atom. The topological polar surface area (TPSA) is 91.2 Å². The van der Waals surface area contributed by atoms with Gasteiger partial charge in [0.2, 0.25) is 0 Å². The summed E-state index contributed by atoms with van der Waals surface area (Å²) in [5.74, 6) is 0.157. The highest BCUT2D eigenvalue weighted by Gasteiger charge is 2.49. The molecule has 25 heavy (non-hydrogen) atoms. The van der Waals surface area contributed by atoms with E-state index < -0.39 is 17.5 Å². The fourth-order valence-electron chi connectivity index (χ4n) is 2.57. The first-order valence-corrected chi connectivity index (χ1v) is 7.59. The zero-order chi connectivity index (χ0) is 18.0. The highest BCUT2D eigenvalue weighted by Crippen LogP contribution is 2.30. The molecule has 7 heteroatoms. The number of hydrazone groups is 1. The van der Waals surface area contributed by atoms with E-state index in [1.165, 1.54) is 12.3 Å². The van der Waals surface area contributed by atoms with Crippen LogP contribution in [0, 0.1) is 0 Å². The van der Waals surface area contributed by atoms with Crippen LogP contribution in [0.5, 0.6) is 11.5 Å². The third-order valence-electron chi connectivity index (χ3n) is 4.09. The molecule has 0 radical (unpaired) electrons. The number of aromatic hydroxyl groups is 1. The number of methoxy groups -OCH3 is 1. The number of benzene rings is 2. The summed E-state index contributed by atoms with van der Waals surface area (Å²) in [7, 11) is 1.55. The lowest BCUT2D eigenvalue weighted by Crippen LogP contribution is -2.40. The Hall–Kier alpha value is -3.35. The number of phenols is 1. The van der Waals surface area contributed by atoms with Crippen molar-refractivity contribution in [3.63, 3.8) is 0 Å². The number of hydrogen-bond acceptors (Lipinski definition) is 5. The highest BCUT2D eigenvalue weighted by molar-refractivity contribution is 6.07. The number of amides is 3. The van der Waals surface area contributed by atoms with E-state index >= 15 is 0 Å². The van der Waals surface area contributed by atoms with Crippen LogP contribution in [0.2, 0.25) is 0 Å². The van der Waals surface area contributed by atoms with Gasteiger partial charge in [0.15, 0.2) is 0 Å². The molecule has 1 fully saturated rings. The van der Waals surface area contributed by atoms with Crippen LogP contribution in [0.1, 0.15) is 18.1 Å². The molecule has 2 N–H and O–H groups in total. The second kappa shape index (κ2) is 6.27. The lowest BCUT2D eigenvalue weighted by Gasteiger charge is -2.21. The molecule has 1 unspecified atom stereocenters. The third-order valence-corrected chi connectivity index (χ3v) is 4.09. The smallest absolute Gasteiger partial charge is 0.346 e. The quantitative estimate of drug-likeness (QED) is 0.660. The molecule has 0 aliphatic carbocycles. The van der Waals surface area contributed by atoms with E-state index in [4.69, 9.17) is 4.74 Å². The predicted octanol–water partition coefficient (Wildman–Crippen LogP) is 2.20. The largest absolute Gasteiger partial charge is 0.507 e. The average molecular weight is 339 g/mol. The van der Waals surface area contributed by atoms with Crippen LogP contribution < -0.4 is 10.1 Å². The minimum Gasteiger partial charge on any atom is -0.507 e. The molecular formula is C18H17N3O4. The van der Waals surface area contributed by atoms with Gasteiger partial charge in [0.05, 0.1) is 13.3 Å². The minimum atomic E-state index is -1.22. The maximum atomic E-state index is 12.7. The van der Waals surface area contributed by atoms with Gasteiger partial charge in [-0.2, -0.15) is 5.10 Å². The molecule has 1 aliphatic heterocycles. The van der Waals surface area contributed by atoms with Gasteiger partial charge >= 0.3 is 6.03 Å². The Balaban J connectivity index is 1.87. The van der Waals surface area contributed by atoms with E-state index in [0.717, 1.165) is 5.01 Å². The van der Waals surface area contributed by atoms with Crippen LogP contribution in [-0.2, 0) is 10.3 Å². The van der Waals surface area contributed by atoms with Gasteiger partial charge in [-0.05, 0) is 36.8 Å². The first-order valence-electron chi connectivity index (χ1n) is 7.59. The van der Waals surface area contributed by atoms with Gasteiger partial charge in [-0.25, -0.2) is 4.79 Å². The number of carbonyl (C=O) groups excluding carboxylic acids is 2. The van der Waals surface area contributed by atoms with Crippen molar-refractivity contribution in [3.05, 3.63) is 59.7 Å². The summed E-state index contributed by atoms with van der Waals surface area (Å²) in [5, 5.41) is 17.1. The van der Waals surface area contributed by atoms with Crippen molar-refractivity contribution >= 4 is 18.2 Å². The number of para-hydroxylation sites is 1. The van der Waals surface area contributed by atoms with Gasteiger partial charge in [0.1, 0.15) is 17.0 Å². The van der Waals surface area contributed by atoms with E-state index in [-0.39, 0.29) is 5.75 Å². The molecule has 2 aromatic rings. The van der Waals surface area contributed by atoms with Gasteiger partial charge in [0, 0.05) is 5.56 Å². The molecule has 0 saturated carbocycles. The second-order valence-corrected chi connectivity index (χ2v) is 5.70. The van der Waals surface area contributed by atoms with Crippen molar-refractivity contribution in [1.82, 2.24) is 10.3 Å². The zero-order valence-electron chi connectivity index (χ0n) is 13.8. The molecule has 1 heterocycles. The van der Waals surface area contributed by atoms with Crippen LogP contribution in [0.4, 0.5) is 4.79 Å². The maximum Gasteiger partial charge on any atom is 0.346 e. The van der Waals surface area contributed by atoms with Crippen LogP contribution in [0.25, 0.3) is 0 Å². The van der Waals surface area contributed by atoms with Crippen molar-refractivity contribution in [3.8, 4) is 11.5 Å². The van der Waals surface area contributed by atoms with Gasteiger partial charge in [0.25, 0.3) is 5.91 Å². The van der Waals surface area contributed by atoms with Crippen molar-refractivity contribution < 1.29 is 19.4 Å². The zero-order valence-corrected chi connectivity index (χ0v) is 13.8. The lowest BCUT2D eigenvalue weighted by atomic mass is 9.92. The second-order valence-electron chi connectivity index (χ2n) is 5.70. The molecule has 128 valence electrons. The minimum absolute atomic E-state index is 0.0104. The van der Waals surface area contributed by atoms with E-state index in [0.29, 0.717) is 16.9 Å². The summed E-state index contributed by atoms with van der Waals surface area (Å²) in [6.07, 6.45) is 1.27. The predicted molar refractivity (Wildman–Crippen MR) is 91.4 cm³/mol. The first kappa shape index (κ1) is 16.5. The van der Waals surface area contributed by atoms with E-state index in [9.17, 15) is 14.7 Å². The Labute approximate surface area is 144 Å². The van der Waals surface area contributed by atoms with Crippen LogP contribution in [-0.4, -0.2) is 35.4 Å². The van der Waals surface area contributed by atoms with Crippen molar-refractivity contribution in [2.24, 2.45) is 5.10 Å². The monoisotopic (exact) mass is 339 g/mol. The Morgan fingerprint density at radius 1 is 1.16 bits per heavy atom. The van der Waals surface area contributed by atoms with Crippen LogP contribution in [0.15, 0.2) is 53.6 Å². The molecule has 3 rings (SSSR count). The summed E-state index contributed by atoms with van der Waals surface area (Å²) in [6, 6.07) is 12.7. The van der Waals surface area contributed by atoms with Crippen molar-refractivity contribution in [1.29, 1.82) is 0 Å². The number of rotatable bonds is 4. The SMILES string of the molecule is COc1ccc(C2(C)NC(=O)N(N=Cc3ccccc3O)C2=O)cc1. The lowest BCUT2D eigenvalue weighted by molar-refractivity contribution is -0.131. The van der Waals surface area contributed by atoms with E-state index in [2.05, 4.69) is 10.4 Å². The summed E-state index contributed by atoms with van der Waals surface area (Å²) < 4.78 is 5.10. The molecule has 0 spiro atoms. The molecule has 0 bridgehead atoms. The Bertz CT molecular complexity index is 848. The molecule has 3 amide bonds. The number of carbonyl (C=O) groups is 2. The number of nitrogens with one attached hydrogen (secondary N) is 1. The Morgan fingerprint density at radius 2 is 1.84 bits per heavy atom. The number of nitrogens with zero attached hydrogens (tertiary/aromatic N) is 2. The number of urea groups is 1. The van der Waals surface area contributed by atoms with Crippen molar-refractivity contribution in [2.45, 2.75) is 12.5 Å². The van der Waals surface area contributed by atoms with Gasteiger partial charge in [-0.15, -0.1) is 5.01 Å². The Kier molecular flexibility index (Phi) is 4.14. The van der Waals surface area contributed by atoms with Gasteiger partial charge in [-0.3, -0.25) is 4.79 Å². The number of phenolic OH excluding ortho intramolecular Hbond substituents is 1. The average Bonchev–Trinajstić information content (AvgIpc) is 2.84. The summed E-state index contributed by atoms with van der Waals surface area (Å²) in [4.78, 5) is 24.9. The first-order chi connectivity index (χ1) is 12.0. The molecule has 2 aromatic carbocycles. The number of ether oxygens (including phenoxy) is 1. The molecule has 1 saturated heterocycles. The number of imide groups is 1. The van der Waals surface area contributed by atoms with E-state index in [1.807, 2.05) is 0 Å². The summed E-state index contributed by atoms with van der Waals surface area (Å²) >= 11 is 0. The highest BCUT2D eigenvalue weighted by atomic mass is 16.5. The van der Waals surface area contributed by atoms with Crippen LogP contribution >= 0.6 is 0 Å². The maximum absolute atomic E-state index is 12.7. The standard InChI is InChI=1S/C18H17N3O4/c1-18(13-7-9-14(25-2)10-8-13)16(23)21(17(24)20-18)19-11-12-5-3-4-6-15(12)22/h3-11,22H,1-2H3,(H,20,24). The molecule has 0 aromatic heterocycles. The molecule has 7 nitrogen and oxygen atoms in total. The van der Waals surface area contributed by atoms with Gasteiger partial charge in [-0.1, -0.05) is 24.3 Å². The fourth-order valence-corrected chi connectivity index (χ4v) is 2.57. The van der Waals surface area contributed by atoms with Gasteiger partial charge < -0.3 is 15.2 Å². The fraction of sp³-hybridized carbons (Fsp3) is 0.167. The molecule has 1 atom stereocenters. The van der Waals surface area contributed by atoms with Crippen molar-refractivity contribution in [2.75, 3.05) is 7.11 Å². The summed E-state index contributed by atoms with van der Waals surface area (Å²) in [6.45, 7) is 1.62.